The van der Waals surface area contributed by atoms with Gasteiger partial charge in [0, 0.05) is 5.92 Å². The van der Waals surface area contributed by atoms with Crippen molar-refractivity contribution in [2.45, 2.75) is 32.2 Å². The number of nitrogens with one attached hydrogen (secondary N) is 1. The van der Waals surface area contributed by atoms with Crippen molar-refractivity contribution in [2.75, 3.05) is 7.11 Å². The fraction of sp³-hybridized carbons (Fsp3) is 0.500. The van der Waals surface area contributed by atoms with Crippen LogP contribution in [-0.2, 0) is 9.59 Å². The average Bonchev–Trinajstić information content (AvgIpc) is 2.97. The highest BCUT2D eigenvalue weighted by molar-refractivity contribution is 5.81. The molecule has 5 heteroatoms. The summed E-state index contributed by atoms with van der Waals surface area (Å²) < 4.78 is 5.10. The maximum atomic E-state index is 12.2. The topological polar surface area (TPSA) is 75.6 Å². The molecule has 1 saturated carbocycles. The first kappa shape index (κ1) is 15.4. The van der Waals surface area contributed by atoms with Crippen LogP contribution in [0.3, 0.4) is 0 Å². The van der Waals surface area contributed by atoms with Crippen molar-refractivity contribution in [3.63, 3.8) is 0 Å². The molecule has 0 saturated heterocycles. The molecule has 1 aromatic carbocycles. The fourth-order valence-corrected chi connectivity index (χ4v) is 2.75. The van der Waals surface area contributed by atoms with Gasteiger partial charge in [-0.25, -0.2) is 0 Å². The summed E-state index contributed by atoms with van der Waals surface area (Å²) in [6.45, 7) is 1.92. The van der Waals surface area contributed by atoms with Gasteiger partial charge in [-0.2, -0.15) is 0 Å². The van der Waals surface area contributed by atoms with Gasteiger partial charge in [-0.1, -0.05) is 12.1 Å². The highest BCUT2D eigenvalue weighted by Crippen LogP contribution is 2.31. The van der Waals surface area contributed by atoms with Crippen LogP contribution < -0.4 is 10.1 Å². The normalized spacial score (nSPS) is 22.6. The molecule has 0 aliphatic heterocycles. The van der Waals surface area contributed by atoms with Crippen molar-refractivity contribution in [3.05, 3.63) is 29.8 Å². The SMILES string of the molecule is COc1ccc([C@H](C)NC(=O)[C@@H]2CC[C@H](C(=O)O)C2)cc1. The molecule has 3 atom stereocenters. The number of rotatable bonds is 5. The summed E-state index contributed by atoms with van der Waals surface area (Å²) in [5.74, 6) is -0.642. The van der Waals surface area contributed by atoms with Crippen LogP contribution in [-0.4, -0.2) is 24.1 Å². The van der Waals surface area contributed by atoms with Gasteiger partial charge < -0.3 is 15.2 Å². The molecule has 21 heavy (non-hydrogen) atoms. The smallest absolute Gasteiger partial charge is 0.306 e. The lowest BCUT2D eigenvalue weighted by Gasteiger charge is -2.17. The van der Waals surface area contributed by atoms with Crippen LogP contribution in [0.15, 0.2) is 24.3 Å². The molecule has 114 valence electrons. The van der Waals surface area contributed by atoms with E-state index in [0.717, 1.165) is 11.3 Å². The lowest BCUT2D eigenvalue weighted by molar-refractivity contribution is -0.141. The van der Waals surface area contributed by atoms with Gasteiger partial charge in [0.05, 0.1) is 19.1 Å². The number of aliphatic carboxylic acids is 1. The summed E-state index contributed by atoms with van der Waals surface area (Å²) in [6, 6.07) is 7.44. The second-order valence-electron chi connectivity index (χ2n) is 5.55. The number of carboxylic acid groups (broad SMARTS) is 1. The number of hydrogen-bond donors (Lipinski definition) is 2. The summed E-state index contributed by atoms with van der Waals surface area (Å²) >= 11 is 0. The van der Waals surface area contributed by atoms with Gasteiger partial charge in [-0.3, -0.25) is 9.59 Å². The zero-order valence-corrected chi connectivity index (χ0v) is 12.3. The molecule has 5 nitrogen and oxygen atoms in total. The summed E-state index contributed by atoms with van der Waals surface area (Å²) in [6.07, 6.45) is 1.68. The Hall–Kier alpha value is -2.04. The standard InChI is InChI=1S/C16H21NO4/c1-10(11-5-7-14(21-2)8-6-11)17-15(18)12-3-4-13(9-12)16(19)20/h5-8,10,12-13H,3-4,9H2,1-2H3,(H,17,18)(H,19,20)/t10-,12+,13-/m0/s1. The van der Waals surface area contributed by atoms with E-state index < -0.39 is 5.97 Å². The third kappa shape index (κ3) is 3.74. The Morgan fingerprint density at radius 3 is 2.38 bits per heavy atom. The first-order valence-electron chi connectivity index (χ1n) is 7.18. The van der Waals surface area contributed by atoms with E-state index in [9.17, 15) is 9.59 Å². The van der Waals surface area contributed by atoms with Crippen LogP contribution in [0, 0.1) is 11.8 Å². The van der Waals surface area contributed by atoms with Crippen LogP contribution in [0.4, 0.5) is 0 Å². The Labute approximate surface area is 124 Å². The Bertz CT molecular complexity index is 512. The van der Waals surface area contributed by atoms with Gasteiger partial charge in [0.25, 0.3) is 0 Å². The Kier molecular flexibility index (Phi) is 4.83. The van der Waals surface area contributed by atoms with Crippen LogP contribution >= 0.6 is 0 Å². The number of ether oxygens (including phenoxy) is 1. The van der Waals surface area contributed by atoms with E-state index in [1.807, 2.05) is 31.2 Å². The molecule has 0 radical (unpaired) electrons. The first-order chi connectivity index (χ1) is 10.0. The zero-order chi connectivity index (χ0) is 15.4. The molecule has 2 rings (SSSR count). The maximum Gasteiger partial charge on any atom is 0.306 e. The predicted octanol–water partition coefficient (Wildman–Crippen LogP) is 2.37. The minimum absolute atomic E-state index is 0.0536. The highest BCUT2D eigenvalue weighted by atomic mass is 16.5. The van der Waals surface area contributed by atoms with Crippen LogP contribution in [0.5, 0.6) is 5.75 Å². The van der Waals surface area contributed by atoms with Crippen molar-refractivity contribution >= 4 is 11.9 Å². The molecule has 0 heterocycles. The molecule has 1 fully saturated rings. The van der Waals surface area contributed by atoms with Crippen LogP contribution in [0.1, 0.15) is 37.8 Å². The molecule has 1 amide bonds. The van der Waals surface area contributed by atoms with E-state index in [0.29, 0.717) is 19.3 Å². The van der Waals surface area contributed by atoms with Gasteiger partial charge in [-0.15, -0.1) is 0 Å². The Morgan fingerprint density at radius 2 is 1.86 bits per heavy atom. The van der Waals surface area contributed by atoms with Crippen molar-refractivity contribution in [1.29, 1.82) is 0 Å². The lowest BCUT2D eigenvalue weighted by atomic mass is 10.0. The number of carbonyl (C=O) groups excluding carboxylic acids is 1. The number of hydrogen-bond acceptors (Lipinski definition) is 3. The van der Waals surface area contributed by atoms with Crippen molar-refractivity contribution in [2.24, 2.45) is 11.8 Å². The molecule has 1 aliphatic rings. The molecule has 1 aliphatic carbocycles. The highest BCUT2D eigenvalue weighted by Gasteiger charge is 2.34. The number of carboxylic acids is 1. The number of methoxy groups -OCH3 is 1. The second kappa shape index (κ2) is 6.61. The minimum atomic E-state index is -0.798. The molecule has 2 N–H and O–H groups in total. The van der Waals surface area contributed by atoms with Crippen LogP contribution in [0.25, 0.3) is 0 Å². The molecule has 0 unspecified atom stereocenters. The number of amides is 1. The average molecular weight is 291 g/mol. The third-order valence-electron chi connectivity index (χ3n) is 4.13. The maximum absolute atomic E-state index is 12.2. The molecule has 0 aromatic heterocycles. The quantitative estimate of drug-likeness (QED) is 0.873. The van der Waals surface area contributed by atoms with Crippen molar-refractivity contribution in [1.82, 2.24) is 5.32 Å². The van der Waals surface area contributed by atoms with Crippen LogP contribution in [0.2, 0.25) is 0 Å². The Balaban J connectivity index is 1.91. The van der Waals surface area contributed by atoms with E-state index in [2.05, 4.69) is 5.32 Å². The monoisotopic (exact) mass is 291 g/mol. The number of benzene rings is 1. The minimum Gasteiger partial charge on any atom is -0.497 e. The largest absolute Gasteiger partial charge is 0.497 e. The molecule has 0 spiro atoms. The van der Waals surface area contributed by atoms with E-state index >= 15 is 0 Å². The van der Waals surface area contributed by atoms with Crippen molar-refractivity contribution < 1.29 is 19.4 Å². The summed E-state index contributed by atoms with van der Waals surface area (Å²) in [5, 5.41) is 11.9. The van der Waals surface area contributed by atoms with Gasteiger partial charge in [0.1, 0.15) is 5.75 Å². The summed E-state index contributed by atoms with van der Waals surface area (Å²) in [4.78, 5) is 23.1. The molecular weight excluding hydrogens is 270 g/mol. The van der Waals surface area contributed by atoms with E-state index in [4.69, 9.17) is 9.84 Å². The molecule has 1 aromatic rings. The second-order valence-corrected chi connectivity index (χ2v) is 5.55. The Morgan fingerprint density at radius 1 is 1.24 bits per heavy atom. The lowest BCUT2D eigenvalue weighted by Crippen LogP contribution is -2.32. The fourth-order valence-electron chi connectivity index (χ4n) is 2.75. The summed E-state index contributed by atoms with van der Waals surface area (Å²) in [5.41, 5.74) is 0.997. The van der Waals surface area contributed by atoms with E-state index in [1.54, 1.807) is 7.11 Å². The predicted molar refractivity (Wildman–Crippen MR) is 78.0 cm³/mol. The van der Waals surface area contributed by atoms with Crippen molar-refractivity contribution in [3.8, 4) is 5.75 Å². The van der Waals surface area contributed by atoms with E-state index in [1.165, 1.54) is 0 Å². The summed E-state index contributed by atoms with van der Waals surface area (Å²) in [7, 11) is 1.61. The van der Waals surface area contributed by atoms with Gasteiger partial charge in [0.2, 0.25) is 5.91 Å². The zero-order valence-electron chi connectivity index (χ0n) is 12.3. The third-order valence-corrected chi connectivity index (χ3v) is 4.13. The van der Waals surface area contributed by atoms with Gasteiger partial charge >= 0.3 is 5.97 Å². The first-order valence-corrected chi connectivity index (χ1v) is 7.18. The van der Waals surface area contributed by atoms with E-state index in [-0.39, 0.29) is 23.8 Å². The van der Waals surface area contributed by atoms with Gasteiger partial charge in [-0.05, 0) is 43.9 Å². The molecular formula is C16H21NO4. The van der Waals surface area contributed by atoms with Gasteiger partial charge in [0.15, 0.2) is 0 Å². The number of carbonyl (C=O) groups is 2. The molecule has 0 bridgehead atoms.